The molecule has 5 heterocycles. The van der Waals surface area contributed by atoms with Crippen LogP contribution < -0.4 is 15.8 Å². The highest BCUT2D eigenvalue weighted by atomic mass is 16.4. The summed E-state index contributed by atoms with van der Waals surface area (Å²) < 4.78 is 7.65. The van der Waals surface area contributed by atoms with E-state index in [1.165, 1.54) is 0 Å². The third-order valence-electron chi connectivity index (χ3n) is 6.48. The average molecular weight is 401 g/mol. The second-order valence-corrected chi connectivity index (χ2v) is 8.58. The summed E-state index contributed by atoms with van der Waals surface area (Å²) in [5.41, 5.74) is 4.94. The van der Waals surface area contributed by atoms with Crippen LogP contribution in [0.1, 0.15) is 11.4 Å². The lowest BCUT2D eigenvalue weighted by atomic mass is 10.0. The van der Waals surface area contributed by atoms with Gasteiger partial charge in [-0.2, -0.15) is 0 Å². The number of nitrogens with one attached hydrogen (secondary N) is 1. The second-order valence-electron chi connectivity index (χ2n) is 8.58. The van der Waals surface area contributed by atoms with E-state index in [4.69, 9.17) is 4.42 Å². The van der Waals surface area contributed by atoms with Gasteiger partial charge in [0.1, 0.15) is 5.58 Å². The van der Waals surface area contributed by atoms with Gasteiger partial charge >= 0.3 is 5.63 Å². The maximum Gasteiger partial charge on any atom is 0.345 e. The fourth-order valence-corrected chi connectivity index (χ4v) is 4.98. The monoisotopic (exact) mass is 401 g/mol. The summed E-state index contributed by atoms with van der Waals surface area (Å²) >= 11 is 0. The molecule has 2 fully saturated rings. The van der Waals surface area contributed by atoms with Crippen LogP contribution in [-0.2, 0) is 0 Å². The summed E-state index contributed by atoms with van der Waals surface area (Å²) in [5.74, 6) is 1.43. The standard InChI is InChI=1S/C23H23N5O2/c1-13-9-28-12-20(26-22(28)14(2)25-13)19-5-15-3-4-18(6-21(15)30-23(19)29)27-10-16-7-24-8-17(16)11-27/h3-6,9,12,16-17,24H,7-8,10-11H2,1-2H3/t16-,17+. The van der Waals surface area contributed by atoms with Crippen molar-refractivity contribution < 1.29 is 4.42 Å². The molecule has 30 heavy (non-hydrogen) atoms. The van der Waals surface area contributed by atoms with E-state index in [2.05, 4.69) is 26.3 Å². The fourth-order valence-electron chi connectivity index (χ4n) is 4.98. The quantitative estimate of drug-likeness (QED) is 0.521. The van der Waals surface area contributed by atoms with Crippen molar-refractivity contribution in [3.63, 3.8) is 0 Å². The summed E-state index contributed by atoms with van der Waals surface area (Å²) in [7, 11) is 0. The largest absolute Gasteiger partial charge is 0.422 e. The summed E-state index contributed by atoms with van der Waals surface area (Å²) in [6, 6.07) is 8.04. The number of rotatable bonds is 2. The molecule has 0 spiro atoms. The summed E-state index contributed by atoms with van der Waals surface area (Å²) in [5, 5.41) is 4.37. The lowest BCUT2D eigenvalue weighted by molar-refractivity contribution is 0.533. The van der Waals surface area contributed by atoms with Crippen LogP contribution in [0.5, 0.6) is 0 Å². The number of anilines is 1. The maximum atomic E-state index is 12.8. The Kier molecular flexibility index (Phi) is 3.77. The normalized spacial score (nSPS) is 21.1. The van der Waals surface area contributed by atoms with Crippen molar-refractivity contribution in [2.75, 3.05) is 31.1 Å². The number of nitrogens with zero attached hydrogens (tertiary/aromatic N) is 4. The average Bonchev–Trinajstić information content (AvgIpc) is 3.41. The zero-order valence-electron chi connectivity index (χ0n) is 17.1. The molecule has 2 atom stereocenters. The fraction of sp³-hybridized carbons (Fsp3) is 0.348. The summed E-state index contributed by atoms with van der Waals surface area (Å²) in [6.07, 6.45) is 3.77. The van der Waals surface area contributed by atoms with Gasteiger partial charge in [0.2, 0.25) is 0 Å². The predicted octanol–water partition coefficient (Wildman–Crippen LogP) is 2.78. The molecular formula is C23H23N5O2. The van der Waals surface area contributed by atoms with Crippen LogP contribution >= 0.6 is 0 Å². The van der Waals surface area contributed by atoms with E-state index in [-0.39, 0.29) is 5.63 Å². The minimum atomic E-state index is -0.368. The van der Waals surface area contributed by atoms with Gasteiger partial charge in [0.15, 0.2) is 5.65 Å². The van der Waals surface area contributed by atoms with Crippen LogP contribution in [0.3, 0.4) is 0 Å². The summed E-state index contributed by atoms with van der Waals surface area (Å²) in [6.45, 7) is 8.17. The van der Waals surface area contributed by atoms with Crippen molar-refractivity contribution >= 4 is 22.3 Å². The van der Waals surface area contributed by atoms with Crippen LogP contribution in [0.4, 0.5) is 5.69 Å². The van der Waals surface area contributed by atoms with Gasteiger partial charge in [-0.15, -0.1) is 0 Å². The van der Waals surface area contributed by atoms with Gasteiger partial charge in [-0.3, -0.25) is 4.98 Å². The lowest BCUT2D eigenvalue weighted by Gasteiger charge is -2.20. The molecule has 0 bridgehead atoms. The van der Waals surface area contributed by atoms with E-state index < -0.39 is 0 Å². The van der Waals surface area contributed by atoms with E-state index in [0.717, 1.165) is 54.3 Å². The van der Waals surface area contributed by atoms with Crippen LogP contribution in [0.25, 0.3) is 27.9 Å². The van der Waals surface area contributed by atoms with E-state index in [1.54, 1.807) is 0 Å². The molecule has 0 radical (unpaired) electrons. The van der Waals surface area contributed by atoms with Crippen molar-refractivity contribution in [3.8, 4) is 11.3 Å². The number of benzene rings is 1. The zero-order valence-corrected chi connectivity index (χ0v) is 17.1. The first-order chi connectivity index (χ1) is 14.5. The molecule has 6 rings (SSSR count). The molecule has 7 heteroatoms. The van der Waals surface area contributed by atoms with Gasteiger partial charge in [0, 0.05) is 55.7 Å². The predicted molar refractivity (Wildman–Crippen MR) is 116 cm³/mol. The molecule has 4 aromatic rings. The van der Waals surface area contributed by atoms with Crippen molar-refractivity contribution in [1.29, 1.82) is 0 Å². The molecule has 1 aromatic carbocycles. The molecule has 7 nitrogen and oxygen atoms in total. The maximum absolute atomic E-state index is 12.8. The molecule has 152 valence electrons. The van der Waals surface area contributed by atoms with Crippen LogP contribution in [-0.4, -0.2) is 40.5 Å². The molecule has 2 saturated heterocycles. The van der Waals surface area contributed by atoms with Crippen LogP contribution in [0, 0.1) is 25.7 Å². The third-order valence-corrected chi connectivity index (χ3v) is 6.48. The number of hydrogen-bond acceptors (Lipinski definition) is 6. The highest BCUT2D eigenvalue weighted by molar-refractivity contribution is 5.84. The van der Waals surface area contributed by atoms with Crippen molar-refractivity contribution in [2.24, 2.45) is 11.8 Å². The number of fused-ring (bicyclic) bond motifs is 3. The van der Waals surface area contributed by atoms with Crippen molar-refractivity contribution in [3.05, 3.63) is 58.5 Å². The topological polar surface area (TPSA) is 75.7 Å². The van der Waals surface area contributed by atoms with Gasteiger partial charge in [-0.1, -0.05) is 0 Å². The van der Waals surface area contributed by atoms with Crippen LogP contribution in [0.2, 0.25) is 0 Å². The van der Waals surface area contributed by atoms with Crippen LogP contribution in [0.15, 0.2) is 45.9 Å². The Bertz CT molecular complexity index is 1340. The smallest absolute Gasteiger partial charge is 0.345 e. The van der Waals surface area contributed by atoms with E-state index in [9.17, 15) is 4.79 Å². The minimum Gasteiger partial charge on any atom is -0.422 e. The number of aromatic nitrogens is 3. The summed E-state index contributed by atoms with van der Waals surface area (Å²) in [4.78, 5) is 24.3. The Morgan fingerprint density at radius 1 is 1.07 bits per heavy atom. The third kappa shape index (κ3) is 2.73. The first-order valence-corrected chi connectivity index (χ1v) is 10.4. The van der Waals surface area contributed by atoms with E-state index >= 15 is 0 Å². The Balaban J connectivity index is 1.39. The molecule has 3 aromatic heterocycles. The number of aryl methyl sites for hydroxylation is 2. The number of imidazole rings is 1. The Morgan fingerprint density at radius 3 is 2.67 bits per heavy atom. The minimum absolute atomic E-state index is 0.368. The van der Waals surface area contributed by atoms with Gasteiger partial charge in [-0.05, 0) is 43.9 Å². The van der Waals surface area contributed by atoms with E-state index in [0.29, 0.717) is 28.7 Å². The molecule has 0 saturated carbocycles. The lowest BCUT2D eigenvalue weighted by Crippen LogP contribution is -2.25. The highest BCUT2D eigenvalue weighted by Gasteiger charge is 2.36. The Hall–Kier alpha value is -3.19. The van der Waals surface area contributed by atoms with Gasteiger partial charge in [0.25, 0.3) is 0 Å². The van der Waals surface area contributed by atoms with Crippen molar-refractivity contribution in [2.45, 2.75) is 13.8 Å². The molecule has 0 aliphatic carbocycles. The molecular weight excluding hydrogens is 378 g/mol. The van der Waals surface area contributed by atoms with E-state index in [1.807, 2.05) is 48.8 Å². The van der Waals surface area contributed by atoms with Crippen molar-refractivity contribution in [1.82, 2.24) is 19.7 Å². The molecule has 1 N–H and O–H groups in total. The highest BCUT2D eigenvalue weighted by Crippen LogP contribution is 2.32. The van der Waals surface area contributed by atoms with Gasteiger partial charge < -0.3 is 19.0 Å². The van der Waals surface area contributed by atoms with Gasteiger partial charge in [0.05, 0.1) is 22.6 Å². The second kappa shape index (κ2) is 6.40. The number of hydrogen-bond donors (Lipinski definition) is 1. The molecule has 2 aliphatic heterocycles. The molecule has 2 aliphatic rings. The SMILES string of the molecule is Cc1cn2cc(-c3cc4ccc(N5C[C@H]6CNC[C@H]6C5)cc4oc3=O)nc2c(C)n1. The molecule has 0 unspecified atom stereocenters. The zero-order chi connectivity index (χ0) is 20.4. The Labute approximate surface area is 173 Å². The Morgan fingerprint density at radius 2 is 1.87 bits per heavy atom. The first-order valence-electron chi connectivity index (χ1n) is 10.4. The van der Waals surface area contributed by atoms with Gasteiger partial charge in [-0.25, -0.2) is 9.78 Å². The molecule has 0 amide bonds. The first kappa shape index (κ1) is 17.7.